The second-order valence-electron chi connectivity index (χ2n) is 6.26. The highest BCUT2D eigenvalue weighted by atomic mass is 127. The minimum Gasteiger partial charge on any atom is -0.490 e. The van der Waals surface area contributed by atoms with Gasteiger partial charge in [-0.25, -0.2) is 9.59 Å². The second-order valence-corrected chi connectivity index (χ2v) is 7.42. The molecule has 0 saturated heterocycles. The summed E-state index contributed by atoms with van der Waals surface area (Å²) in [4.78, 5) is 26.6. The third-order valence-corrected chi connectivity index (χ3v) is 5.50. The molecule has 0 spiro atoms. The van der Waals surface area contributed by atoms with Gasteiger partial charge in [-0.15, -0.1) is 0 Å². The monoisotopic (exact) mass is 492 g/mol. The fourth-order valence-corrected chi connectivity index (χ4v) is 3.63. The molecule has 0 fully saturated rings. The van der Waals surface area contributed by atoms with Crippen LogP contribution in [-0.4, -0.2) is 37.2 Å². The van der Waals surface area contributed by atoms with Crippen LogP contribution in [-0.2, 0) is 9.53 Å². The van der Waals surface area contributed by atoms with Crippen LogP contribution in [0.5, 0.6) is 5.75 Å². The Morgan fingerprint density at radius 1 is 1.11 bits per heavy atom. The Morgan fingerprint density at radius 2 is 1.79 bits per heavy atom. The molecule has 7 heteroatoms. The number of allylic oxidation sites excluding steroid dienone is 1. The van der Waals surface area contributed by atoms with Crippen molar-refractivity contribution in [2.75, 3.05) is 20.3 Å². The number of carbonyl (C=O) groups is 2. The van der Waals surface area contributed by atoms with Crippen molar-refractivity contribution in [2.24, 2.45) is 0 Å². The minimum atomic E-state index is -0.556. The molecule has 1 N–H and O–H groups in total. The van der Waals surface area contributed by atoms with Crippen LogP contribution in [0.4, 0.5) is 4.79 Å². The molecule has 0 radical (unpaired) electrons. The molecular formula is C21H21IN2O4. The molecule has 0 aromatic heterocycles. The van der Waals surface area contributed by atoms with E-state index in [-0.39, 0.29) is 19.2 Å². The van der Waals surface area contributed by atoms with Gasteiger partial charge in [0.15, 0.2) is 0 Å². The molecule has 0 aliphatic carbocycles. The molecule has 0 saturated carbocycles. The van der Waals surface area contributed by atoms with Crippen molar-refractivity contribution in [3.8, 4) is 5.75 Å². The Hall–Kier alpha value is -2.55. The van der Waals surface area contributed by atoms with Gasteiger partial charge < -0.3 is 19.7 Å². The molecule has 1 aliphatic rings. The highest BCUT2D eigenvalue weighted by Crippen LogP contribution is 2.32. The molecule has 0 unspecified atom stereocenters. The average Bonchev–Trinajstić information content (AvgIpc) is 2.70. The van der Waals surface area contributed by atoms with Gasteiger partial charge in [0.05, 0.1) is 11.6 Å². The number of esters is 1. The summed E-state index contributed by atoms with van der Waals surface area (Å²) in [5.74, 6) is 0.251. The predicted molar refractivity (Wildman–Crippen MR) is 114 cm³/mol. The van der Waals surface area contributed by atoms with Gasteiger partial charge in [-0.2, -0.15) is 0 Å². The van der Waals surface area contributed by atoms with Crippen LogP contribution in [0, 0.1) is 3.57 Å². The maximum absolute atomic E-state index is 12.9. The quantitative estimate of drug-likeness (QED) is 0.378. The summed E-state index contributed by atoms with van der Waals surface area (Å²) < 4.78 is 12.0. The molecular weight excluding hydrogens is 471 g/mol. The summed E-state index contributed by atoms with van der Waals surface area (Å²) in [6.07, 6.45) is 0. The zero-order valence-electron chi connectivity index (χ0n) is 15.6. The summed E-state index contributed by atoms with van der Waals surface area (Å²) in [5, 5.41) is 2.89. The number of nitrogens with zero attached hydrogens (tertiary/aromatic N) is 1. The normalized spacial score (nSPS) is 16.6. The van der Waals surface area contributed by atoms with Gasteiger partial charge in [-0.05, 0) is 53.3 Å². The molecule has 6 nitrogen and oxygen atoms in total. The van der Waals surface area contributed by atoms with E-state index in [1.165, 1.54) is 4.90 Å². The number of para-hydroxylation sites is 1. The van der Waals surface area contributed by atoms with Gasteiger partial charge in [-0.3, -0.25) is 0 Å². The number of carbonyl (C=O) groups excluding carboxylic acids is 2. The van der Waals surface area contributed by atoms with E-state index >= 15 is 0 Å². The first-order valence-electron chi connectivity index (χ1n) is 8.83. The lowest BCUT2D eigenvalue weighted by atomic mass is 9.95. The van der Waals surface area contributed by atoms with Gasteiger partial charge in [0.25, 0.3) is 0 Å². The van der Waals surface area contributed by atoms with Crippen molar-refractivity contribution in [1.29, 1.82) is 0 Å². The van der Waals surface area contributed by atoms with Crippen molar-refractivity contribution in [3.05, 3.63) is 75.0 Å². The molecule has 3 rings (SSSR count). The van der Waals surface area contributed by atoms with Crippen LogP contribution in [0.1, 0.15) is 18.5 Å². The molecule has 2 aromatic rings. The van der Waals surface area contributed by atoms with Crippen molar-refractivity contribution >= 4 is 34.6 Å². The highest BCUT2D eigenvalue weighted by molar-refractivity contribution is 14.1. The zero-order chi connectivity index (χ0) is 20.1. The zero-order valence-corrected chi connectivity index (χ0v) is 17.8. The average molecular weight is 492 g/mol. The Kier molecular flexibility index (Phi) is 6.56. The first kappa shape index (κ1) is 20.2. The maximum atomic E-state index is 12.9. The number of rotatable bonds is 6. The lowest BCUT2D eigenvalue weighted by Crippen LogP contribution is -2.46. The highest BCUT2D eigenvalue weighted by Gasteiger charge is 2.35. The fourth-order valence-electron chi connectivity index (χ4n) is 2.93. The van der Waals surface area contributed by atoms with Crippen molar-refractivity contribution in [2.45, 2.75) is 13.0 Å². The summed E-state index contributed by atoms with van der Waals surface area (Å²) in [7, 11) is 1.63. The van der Waals surface area contributed by atoms with E-state index < -0.39 is 12.0 Å². The first-order chi connectivity index (χ1) is 13.5. The molecule has 146 valence electrons. The number of ether oxygens (including phenoxy) is 2. The van der Waals surface area contributed by atoms with E-state index in [0.29, 0.717) is 11.3 Å². The number of benzene rings is 2. The van der Waals surface area contributed by atoms with Gasteiger partial charge in [-0.1, -0.05) is 36.4 Å². The van der Waals surface area contributed by atoms with Crippen molar-refractivity contribution in [3.63, 3.8) is 0 Å². The van der Waals surface area contributed by atoms with Crippen molar-refractivity contribution < 1.29 is 19.1 Å². The van der Waals surface area contributed by atoms with Crippen molar-refractivity contribution in [1.82, 2.24) is 10.2 Å². The van der Waals surface area contributed by atoms with E-state index in [1.54, 1.807) is 14.0 Å². The van der Waals surface area contributed by atoms with E-state index in [0.717, 1.165) is 14.9 Å². The number of halogens is 1. The molecule has 1 aliphatic heterocycles. The largest absolute Gasteiger partial charge is 0.490 e. The van der Waals surface area contributed by atoms with E-state index in [9.17, 15) is 9.59 Å². The van der Waals surface area contributed by atoms with Gasteiger partial charge >= 0.3 is 12.0 Å². The Labute approximate surface area is 177 Å². The fraction of sp³-hybridized carbons (Fsp3) is 0.238. The lowest BCUT2D eigenvalue weighted by Gasteiger charge is -2.33. The maximum Gasteiger partial charge on any atom is 0.338 e. The van der Waals surface area contributed by atoms with Crippen LogP contribution in [0.25, 0.3) is 0 Å². The van der Waals surface area contributed by atoms with Crippen LogP contribution in [0.15, 0.2) is 65.9 Å². The Balaban J connectivity index is 1.74. The second kappa shape index (κ2) is 9.09. The van der Waals surface area contributed by atoms with Crippen LogP contribution in [0.3, 0.4) is 0 Å². The number of urea groups is 1. The third kappa shape index (κ3) is 4.46. The molecule has 1 atom stereocenters. The molecule has 0 bridgehead atoms. The summed E-state index contributed by atoms with van der Waals surface area (Å²) in [5.41, 5.74) is 1.85. The Bertz CT molecular complexity index is 898. The van der Waals surface area contributed by atoms with Gasteiger partial charge in [0.1, 0.15) is 19.0 Å². The molecule has 2 aromatic carbocycles. The van der Waals surface area contributed by atoms with E-state index in [4.69, 9.17) is 9.47 Å². The predicted octanol–water partition coefficient (Wildman–Crippen LogP) is 3.88. The Morgan fingerprint density at radius 3 is 2.50 bits per heavy atom. The first-order valence-corrected chi connectivity index (χ1v) is 9.91. The molecule has 2 amide bonds. The standard InChI is InChI=1S/C21H21IN2O4/c1-14-18(20(25)28-13-12-27-15-8-4-3-5-9-15)19(23-21(26)24(14)2)16-10-6-7-11-17(16)22/h3-11,19H,12-13H2,1-2H3,(H,23,26)/t19-/m1/s1. The lowest BCUT2D eigenvalue weighted by molar-refractivity contribution is -0.140. The SMILES string of the molecule is CC1=C(C(=O)OCCOc2ccccc2)[C@@H](c2ccccc2I)NC(=O)N1C. The summed E-state index contributed by atoms with van der Waals surface area (Å²) in [6.45, 7) is 2.11. The van der Waals surface area contributed by atoms with Gasteiger partial charge in [0, 0.05) is 16.3 Å². The van der Waals surface area contributed by atoms with E-state index in [2.05, 4.69) is 27.9 Å². The summed E-state index contributed by atoms with van der Waals surface area (Å²) >= 11 is 2.20. The number of hydrogen-bond donors (Lipinski definition) is 1. The van der Waals surface area contributed by atoms with Crippen LogP contribution < -0.4 is 10.1 Å². The number of amides is 2. The molecule has 1 heterocycles. The summed E-state index contributed by atoms with van der Waals surface area (Å²) in [6, 6.07) is 16.2. The number of nitrogens with one attached hydrogen (secondary N) is 1. The van der Waals surface area contributed by atoms with Crippen LogP contribution >= 0.6 is 22.6 Å². The third-order valence-electron chi connectivity index (χ3n) is 4.52. The molecule has 28 heavy (non-hydrogen) atoms. The van der Waals surface area contributed by atoms with Gasteiger partial charge in [0.2, 0.25) is 0 Å². The topological polar surface area (TPSA) is 67.9 Å². The number of hydrogen-bond acceptors (Lipinski definition) is 4. The smallest absolute Gasteiger partial charge is 0.338 e. The minimum absolute atomic E-state index is 0.112. The van der Waals surface area contributed by atoms with E-state index in [1.807, 2.05) is 54.6 Å². The van der Waals surface area contributed by atoms with Crippen LogP contribution in [0.2, 0.25) is 0 Å².